The Morgan fingerprint density at radius 1 is 1.12 bits per heavy atom. The molecular formula is C34H37F6N7O2S. The lowest BCUT2D eigenvalue weighted by Gasteiger charge is -2.35. The second-order valence-electron chi connectivity index (χ2n) is 11.9. The van der Waals surface area contributed by atoms with Gasteiger partial charge in [-0.1, -0.05) is 19.9 Å². The molecule has 0 spiro atoms. The number of hydrogen-bond donors (Lipinski definition) is 1. The number of nitrogens with two attached hydrogens (primary N) is 1. The molecule has 3 fully saturated rings. The van der Waals surface area contributed by atoms with Crippen LogP contribution in [0.5, 0.6) is 6.01 Å². The Balaban J connectivity index is 0.000000376. The van der Waals surface area contributed by atoms with Crippen LogP contribution in [0, 0.1) is 23.0 Å². The molecule has 2 atom stereocenters. The van der Waals surface area contributed by atoms with Crippen LogP contribution in [-0.4, -0.2) is 84.3 Å². The number of alkyl halides is 4. The van der Waals surface area contributed by atoms with Crippen molar-refractivity contribution < 1.29 is 35.9 Å². The summed E-state index contributed by atoms with van der Waals surface area (Å²) in [6, 6.07) is 4.76. The van der Waals surface area contributed by atoms with Gasteiger partial charge in [0.25, 0.3) is 0 Å². The number of anilines is 2. The predicted molar refractivity (Wildman–Crippen MR) is 181 cm³/mol. The number of halogens is 6. The van der Waals surface area contributed by atoms with E-state index < -0.39 is 40.6 Å². The maximum absolute atomic E-state index is 16.3. The van der Waals surface area contributed by atoms with Crippen molar-refractivity contribution in [1.82, 2.24) is 19.8 Å². The Labute approximate surface area is 289 Å². The second-order valence-corrected chi connectivity index (χ2v) is 13.0. The van der Waals surface area contributed by atoms with Gasteiger partial charge in [-0.25, -0.2) is 13.2 Å². The van der Waals surface area contributed by atoms with Crippen molar-refractivity contribution in [1.29, 1.82) is 5.26 Å². The normalized spacial score (nSPS) is 19.1. The van der Waals surface area contributed by atoms with Crippen molar-refractivity contribution in [2.24, 2.45) is 0 Å². The summed E-state index contributed by atoms with van der Waals surface area (Å²) in [5.74, 6) is -2.28. The summed E-state index contributed by atoms with van der Waals surface area (Å²) in [5, 5.41) is 9.07. The van der Waals surface area contributed by atoms with Crippen molar-refractivity contribution in [2.75, 3.05) is 57.0 Å². The van der Waals surface area contributed by atoms with E-state index in [0.717, 1.165) is 31.2 Å². The van der Waals surface area contributed by atoms with Gasteiger partial charge in [-0.05, 0) is 43.5 Å². The van der Waals surface area contributed by atoms with Crippen LogP contribution in [0.15, 0.2) is 18.2 Å². The molecule has 268 valence electrons. The zero-order chi connectivity index (χ0) is 36.5. The van der Waals surface area contributed by atoms with Gasteiger partial charge in [0.2, 0.25) is 5.91 Å². The summed E-state index contributed by atoms with van der Waals surface area (Å²) in [6.45, 7) is 8.32. The van der Waals surface area contributed by atoms with E-state index in [1.165, 1.54) is 26.9 Å². The lowest BCUT2D eigenvalue weighted by molar-refractivity contribution is -0.137. The number of rotatable bonds is 3. The molecule has 3 aliphatic heterocycles. The highest BCUT2D eigenvalue weighted by Crippen LogP contribution is 2.48. The fourth-order valence-corrected chi connectivity index (χ4v) is 7.73. The maximum atomic E-state index is 16.3. The topological polar surface area (TPSA) is 112 Å². The van der Waals surface area contributed by atoms with Gasteiger partial charge >= 0.3 is 12.2 Å². The largest absolute Gasteiger partial charge is 0.467 e. The van der Waals surface area contributed by atoms with Crippen LogP contribution in [0.3, 0.4) is 0 Å². The van der Waals surface area contributed by atoms with Crippen molar-refractivity contribution in [3.63, 3.8) is 0 Å². The van der Waals surface area contributed by atoms with Gasteiger partial charge < -0.3 is 20.3 Å². The summed E-state index contributed by atoms with van der Waals surface area (Å²) in [7, 11) is 1.23. The summed E-state index contributed by atoms with van der Waals surface area (Å²) >= 11 is 0.687. The second kappa shape index (κ2) is 14.9. The van der Waals surface area contributed by atoms with Gasteiger partial charge in [-0.3, -0.25) is 9.69 Å². The highest BCUT2D eigenvalue weighted by atomic mass is 32.1. The van der Waals surface area contributed by atoms with Gasteiger partial charge in [-0.15, -0.1) is 11.3 Å². The standard InChI is InChI=1S/C25H19F5N6O2S.C7H12FN.C2H6/c1-11(37)35-5-7-36(8-6-35)23-13-9-15(25(28,29)30)18(19(27)20(13)33-24(34-23)38-2)12-3-4-16(26)21-17(12)14(10-31)22(32)39-21;8-6-4-7-2-1-3-9(7)5-6;1-2/h3-4,9H,5-8,32H2,1-2H3;6-7H,1-5H2;1-2H3. The first kappa shape index (κ1) is 36.9. The minimum absolute atomic E-state index is 0.0118. The summed E-state index contributed by atoms with van der Waals surface area (Å²) in [4.78, 5) is 25.5. The van der Waals surface area contributed by atoms with E-state index in [2.05, 4.69) is 14.9 Å². The molecule has 50 heavy (non-hydrogen) atoms. The number of methoxy groups -OCH3 is 1. The van der Waals surface area contributed by atoms with Crippen LogP contribution < -0.4 is 15.4 Å². The molecule has 0 radical (unpaired) electrons. The number of piperazine rings is 1. The van der Waals surface area contributed by atoms with E-state index in [9.17, 15) is 32.0 Å². The Morgan fingerprint density at radius 2 is 1.82 bits per heavy atom. The summed E-state index contributed by atoms with van der Waals surface area (Å²) < 4.78 is 92.0. The highest BCUT2D eigenvalue weighted by molar-refractivity contribution is 7.23. The number of fused-ring (bicyclic) bond motifs is 3. The number of hydrogen-bond acceptors (Lipinski definition) is 9. The SMILES string of the molecule is CC.COc1nc(N2CCN(C(C)=O)CC2)c2cc(C(F)(F)F)c(-c3ccc(F)c4sc(N)c(C#N)c34)c(F)c2n1.FC1CC2CCCN2C1. The highest BCUT2D eigenvalue weighted by Gasteiger charge is 2.39. The number of benzene rings is 2. The monoisotopic (exact) mass is 721 g/mol. The molecule has 3 aliphatic rings. The molecule has 2 aromatic carbocycles. The predicted octanol–water partition coefficient (Wildman–Crippen LogP) is 7.16. The van der Waals surface area contributed by atoms with Crippen molar-refractivity contribution in [3.05, 3.63) is 41.0 Å². The molecule has 3 saturated heterocycles. The van der Waals surface area contributed by atoms with E-state index >= 15 is 4.39 Å². The van der Waals surface area contributed by atoms with Gasteiger partial charge in [-0.2, -0.15) is 28.4 Å². The molecule has 0 saturated carbocycles. The zero-order valence-corrected chi connectivity index (χ0v) is 28.8. The molecule has 5 heterocycles. The molecule has 7 rings (SSSR count). The van der Waals surface area contributed by atoms with Gasteiger partial charge in [0.1, 0.15) is 34.4 Å². The zero-order valence-electron chi connectivity index (χ0n) is 28.0. The Morgan fingerprint density at radius 3 is 2.42 bits per heavy atom. The third-order valence-electron chi connectivity index (χ3n) is 9.06. The van der Waals surface area contributed by atoms with Crippen LogP contribution in [-0.2, 0) is 11.0 Å². The number of carbonyl (C=O) groups excluding carboxylic acids is 1. The first-order chi connectivity index (χ1) is 23.8. The van der Waals surface area contributed by atoms with Crippen LogP contribution in [0.4, 0.5) is 37.2 Å². The van der Waals surface area contributed by atoms with E-state index in [1.54, 1.807) is 15.9 Å². The molecule has 4 aromatic rings. The number of thiophene rings is 1. The molecule has 0 aliphatic carbocycles. The average Bonchev–Trinajstić information content (AvgIpc) is 3.78. The molecular weight excluding hydrogens is 684 g/mol. The number of nitrogen functional groups attached to an aromatic ring is 1. The number of nitriles is 1. The number of ether oxygens (including phenoxy) is 1. The number of carbonyl (C=O) groups is 1. The van der Waals surface area contributed by atoms with Crippen LogP contribution in [0.25, 0.3) is 32.1 Å². The Bertz CT molecular complexity index is 1930. The molecule has 2 N–H and O–H groups in total. The minimum Gasteiger partial charge on any atom is -0.467 e. The molecule has 2 aromatic heterocycles. The molecule has 2 unspecified atom stereocenters. The summed E-state index contributed by atoms with van der Waals surface area (Å²) in [5.41, 5.74) is 2.54. The third kappa shape index (κ3) is 6.98. The van der Waals surface area contributed by atoms with Crippen LogP contribution in [0.2, 0.25) is 0 Å². The van der Waals surface area contributed by atoms with Gasteiger partial charge in [0, 0.05) is 62.0 Å². The van der Waals surface area contributed by atoms with Crippen LogP contribution >= 0.6 is 11.3 Å². The minimum atomic E-state index is -5.05. The van der Waals surface area contributed by atoms with E-state index in [0.29, 0.717) is 37.0 Å². The number of nitrogens with zero attached hydrogens (tertiary/aromatic N) is 6. The lowest BCUT2D eigenvalue weighted by atomic mass is 9.92. The third-order valence-corrected chi connectivity index (χ3v) is 10.1. The Hall–Kier alpha value is -4.36. The van der Waals surface area contributed by atoms with Crippen molar-refractivity contribution in [2.45, 2.75) is 58.4 Å². The quantitative estimate of drug-likeness (QED) is 0.222. The fourth-order valence-electron chi connectivity index (χ4n) is 6.78. The van der Waals surface area contributed by atoms with Crippen molar-refractivity contribution in [3.8, 4) is 23.2 Å². The number of amides is 1. The maximum Gasteiger partial charge on any atom is 0.417 e. The van der Waals surface area contributed by atoms with Gasteiger partial charge in [0.05, 0.1) is 22.9 Å². The molecule has 0 bridgehead atoms. The van der Waals surface area contributed by atoms with E-state index in [1.807, 2.05) is 13.8 Å². The van der Waals surface area contributed by atoms with E-state index in [4.69, 9.17) is 10.5 Å². The molecule has 16 heteroatoms. The van der Waals surface area contributed by atoms with E-state index in [-0.39, 0.29) is 62.4 Å². The fraction of sp³-hybridized carbons (Fsp3) is 0.471. The van der Waals surface area contributed by atoms with Gasteiger partial charge in [0.15, 0.2) is 5.82 Å². The average molecular weight is 722 g/mol. The summed E-state index contributed by atoms with van der Waals surface area (Å²) in [6.07, 6.45) is -2.24. The molecule has 1 amide bonds. The number of aromatic nitrogens is 2. The lowest BCUT2D eigenvalue weighted by Crippen LogP contribution is -2.48. The van der Waals surface area contributed by atoms with Crippen molar-refractivity contribution >= 4 is 49.1 Å². The molecule has 9 nitrogen and oxygen atoms in total. The Kier molecular flexibility index (Phi) is 11.0. The first-order valence-electron chi connectivity index (χ1n) is 16.3. The smallest absolute Gasteiger partial charge is 0.417 e. The van der Waals surface area contributed by atoms with Crippen LogP contribution in [0.1, 0.15) is 51.2 Å². The first-order valence-corrected chi connectivity index (χ1v) is 17.1.